The van der Waals surface area contributed by atoms with E-state index in [1.54, 1.807) is 0 Å². The monoisotopic (exact) mass is 212 g/mol. The molecule has 15 heavy (non-hydrogen) atoms. The van der Waals surface area contributed by atoms with Gasteiger partial charge in [-0.15, -0.1) is 0 Å². The van der Waals surface area contributed by atoms with E-state index in [4.69, 9.17) is 0 Å². The number of halogens is 2. The van der Waals surface area contributed by atoms with Gasteiger partial charge in [0, 0.05) is 26.2 Å². The minimum absolute atomic E-state index is 0.457. The fourth-order valence-electron chi connectivity index (χ4n) is 1.89. The maximum atomic E-state index is 13.5. The highest BCUT2D eigenvalue weighted by Gasteiger charge is 2.19. The summed E-state index contributed by atoms with van der Waals surface area (Å²) in [5.41, 5.74) is 0.457. The third kappa shape index (κ3) is 2.09. The Kier molecular flexibility index (Phi) is 2.86. The maximum Gasteiger partial charge on any atom is 0.150 e. The minimum atomic E-state index is -0.532. The van der Waals surface area contributed by atoms with Crippen LogP contribution in [0.5, 0.6) is 0 Å². The molecule has 1 aliphatic heterocycles. The van der Waals surface area contributed by atoms with Gasteiger partial charge < -0.3 is 5.01 Å². The largest absolute Gasteiger partial charge is 0.303 e. The highest BCUT2D eigenvalue weighted by molar-refractivity contribution is 5.46. The lowest BCUT2D eigenvalue weighted by molar-refractivity contribution is 0.256. The standard InChI is InChI=1S/C11H14F2N2/c1-14-6-2-3-7-15(14)11-5-4-9(12)8-10(11)13/h4-5,8H,2-3,6-7H2,1H3. The zero-order valence-electron chi connectivity index (χ0n) is 8.71. The Balaban J connectivity index is 2.27. The molecule has 82 valence electrons. The second-order valence-corrected chi connectivity index (χ2v) is 3.81. The summed E-state index contributed by atoms with van der Waals surface area (Å²) in [6.45, 7) is 1.70. The Morgan fingerprint density at radius 1 is 1.13 bits per heavy atom. The van der Waals surface area contributed by atoms with E-state index in [0.717, 1.165) is 32.0 Å². The van der Waals surface area contributed by atoms with Crippen LogP contribution in [0.3, 0.4) is 0 Å². The molecule has 2 rings (SSSR count). The van der Waals surface area contributed by atoms with E-state index in [-0.39, 0.29) is 0 Å². The summed E-state index contributed by atoms with van der Waals surface area (Å²) in [4.78, 5) is 0. The predicted molar refractivity (Wildman–Crippen MR) is 55.6 cm³/mol. The number of rotatable bonds is 1. The van der Waals surface area contributed by atoms with E-state index in [0.29, 0.717) is 5.69 Å². The summed E-state index contributed by atoms with van der Waals surface area (Å²) in [6, 6.07) is 3.71. The number of hydrogen-bond donors (Lipinski definition) is 0. The van der Waals surface area contributed by atoms with Crippen molar-refractivity contribution in [2.75, 3.05) is 25.1 Å². The Bertz CT molecular complexity index is 354. The van der Waals surface area contributed by atoms with Gasteiger partial charge in [-0.3, -0.25) is 0 Å². The van der Waals surface area contributed by atoms with Crippen molar-refractivity contribution in [2.24, 2.45) is 0 Å². The van der Waals surface area contributed by atoms with Crippen LogP contribution in [-0.2, 0) is 0 Å². The fourth-order valence-corrected chi connectivity index (χ4v) is 1.89. The molecule has 0 amide bonds. The minimum Gasteiger partial charge on any atom is -0.303 e. The van der Waals surface area contributed by atoms with Crippen LogP contribution >= 0.6 is 0 Å². The lowest BCUT2D eigenvalue weighted by Gasteiger charge is -2.37. The average molecular weight is 212 g/mol. The van der Waals surface area contributed by atoms with E-state index in [9.17, 15) is 8.78 Å². The van der Waals surface area contributed by atoms with Crippen molar-refractivity contribution in [2.45, 2.75) is 12.8 Å². The van der Waals surface area contributed by atoms with Crippen LogP contribution in [0.4, 0.5) is 14.5 Å². The van der Waals surface area contributed by atoms with Crippen LogP contribution in [-0.4, -0.2) is 25.1 Å². The SMILES string of the molecule is CN1CCCCN1c1ccc(F)cc1F. The first-order valence-corrected chi connectivity index (χ1v) is 5.12. The van der Waals surface area contributed by atoms with Gasteiger partial charge in [-0.2, -0.15) is 0 Å². The van der Waals surface area contributed by atoms with Crippen LogP contribution in [0.1, 0.15) is 12.8 Å². The van der Waals surface area contributed by atoms with Crippen molar-refractivity contribution < 1.29 is 8.78 Å². The Hall–Kier alpha value is -1.16. The molecule has 1 aromatic rings. The van der Waals surface area contributed by atoms with Crippen molar-refractivity contribution >= 4 is 5.69 Å². The summed E-state index contributed by atoms with van der Waals surface area (Å²) < 4.78 is 26.2. The second kappa shape index (κ2) is 4.14. The Morgan fingerprint density at radius 3 is 2.53 bits per heavy atom. The molecule has 1 fully saturated rings. The van der Waals surface area contributed by atoms with Crippen LogP contribution in [0.15, 0.2) is 18.2 Å². The van der Waals surface area contributed by atoms with Crippen LogP contribution in [0.25, 0.3) is 0 Å². The topological polar surface area (TPSA) is 6.48 Å². The quantitative estimate of drug-likeness (QED) is 0.705. The van der Waals surface area contributed by atoms with E-state index in [2.05, 4.69) is 0 Å². The maximum absolute atomic E-state index is 13.5. The van der Waals surface area contributed by atoms with E-state index in [1.807, 2.05) is 17.1 Å². The first kappa shape index (κ1) is 10.4. The van der Waals surface area contributed by atoms with Crippen LogP contribution < -0.4 is 5.01 Å². The summed E-state index contributed by atoms with van der Waals surface area (Å²) in [7, 11) is 1.92. The Labute approximate surface area is 88.1 Å². The molecule has 2 nitrogen and oxygen atoms in total. The summed E-state index contributed by atoms with van der Waals surface area (Å²) in [5.74, 6) is -1.03. The van der Waals surface area contributed by atoms with Crippen molar-refractivity contribution in [1.29, 1.82) is 0 Å². The highest BCUT2D eigenvalue weighted by atomic mass is 19.1. The van der Waals surface area contributed by atoms with Gasteiger partial charge in [0.25, 0.3) is 0 Å². The zero-order valence-corrected chi connectivity index (χ0v) is 8.71. The molecule has 1 aromatic carbocycles. The summed E-state index contributed by atoms with van der Waals surface area (Å²) in [5, 5.41) is 3.83. The molecule has 1 aliphatic rings. The van der Waals surface area contributed by atoms with Gasteiger partial charge in [0.1, 0.15) is 5.82 Å². The molecular formula is C11H14F2N2. The van der Waals surface area contributed by atoms with Crippen LogP contribution in [0.2, 0.25) is 0 Å². The molecule has 0 aromatic heterocycles. The molecule has 1 heterocycles. The molecule has 0 atom stereocenters. The number of hydrazine groups is 1. The highest BCUT2D eigenvalue weighted by Crippen LogP contribution is 2.23. The van der Waals surface area contributed by atoms with Crippen molar-refractivity contribution in [1.82, 2.24) is 5.01 Å². The van der Waals surface area contributed by atoms with Crippen LogP contribution in [0, 0.1) is 11.6 Å². The molecular weight excluding hydrogens is 198 g/mol. The first-order chi connectivity index (χ1) is 7.18. The molecule has 0 spiro atoms. The van der Waals surface area contributed by atoms with Gasteiger partial charge in [-0.1, -0.05) is 0 Å². The third-order valence-electron chi connectivity index (χ3n) is 2.70. The fraction of sp³-hybridized carbons (Fsp3) is 0.455. The lowest BCUT2D eigenvalue weighted by Crippen LogP contribution is -2.45. The molecule has 1 saturated heterocycles. The predicted octanol–water partition coefficient (Wildman–Crippen LogP) is 2.41. The molecule has 0 radical (unpaired) electrons. The van der Waals surface area contributed by atoms with Gasteiger partial charge in [0.05, 0.1) is 5.69 Å². The summed E-state index contributed by atoms with van der Waals surface area (Å²) in [6.07, 6.45) is 2.16. The van der Waals surface area contributed by atoms with Gasteiger partial charge in [-0.25, -0.2) is 13.8 Å². The van der Waals surface area contributed by atoms with Gasteiger partial charge in [0.15, 0.2) is 5.82 Å². The normalized spacial score (nSPS) is 18.2. The number of hydrogen-bond acceptors (Lipinski definition) is 2. The number of nitrogens with zero attached hydrogens (tertiary/aromatic N) is 2. The van der Waals surface area contributed by atoms with Gasteiger partial charge in [-0.05, 0) is 25.0 Å². The molecule has 0 saturated carbocycles. The van der Waals surface area contributed by atoms with E-state index < -0.39 is 11.6 Å². The van der Waals surface area contributed by atoms with Crippen molar-refractivity contribution in [3.8, 4) is 0 Å². The molecule has 0 aliphatic carbocycles. The zero-order chi connectivity index (χ0) is 10.8. The second-order valence-electron chi connectivity index (χ2n) is 3.81. The Morgan fingerprint density at radius 2 is 1.87 bits per heavy atom. The van der Waals surface area contributed by atoms with Crippen molar-refractivity contribution in [3.05, 3.63) is 29.8 Å². The van der Waals surface area contributed by atoms with E-state index >= 15 is 0 Å². The molecule has 0 N–H and O–H groups in total. The smallest absolute Gasteiger partial charge is 0.150 e. The van der Waals surface area contributed by atoms with Crippen molar-refractivity contribution in [3.63, 3.8) is 0 Å². The number of anilines is 1. The van der Waals surface area contributed by atoms with Gasteiger partial charge >= 0.3 is 0 Å². The van der Waals surface area contributed by atoms with Gasteiger partial charge in [0.2, 0.25) is 0 Å². The lowest BCUT2D eigenvalue weighted by atomic mass is 10.2. The first-order valence-electron chi connectivity index (χ1n) is 5.12. The molecule has 0 bridgehead atoms. The summed E-state index contributed by atoms with van der Waals surface area (Å²) >= 11 is 0. The number of benzene rings is 1. The van der Waals surface area contributed by atoms with E-state index in [1.165, 1.54) is 12.1 Å². The average Bonchev–Trinajstić information content (AvgIpc) is 2.20. The third-order valence-corrected chi connectivity index (χ3v) is 2.70. The molecule has 0 unspecified atom stereocenters. The molecule has 4 heteroatoms.